The minimum absolute atomic E-state index is 0.0219. The third-order valence-electron chi connectivity index (χ3n) is 5.65. The number of hydrogen-bond donors (Lipinski definition) is 1. The van der Waals surface area contributed by atoms with Crippen LogP contribution in [-0.2, 0) is 12.5 Å². The molecule has 0 aliphatic carbocycles. The number of hydrogen-bond acceptors (Lipinski definition) is 5. The molecule has 3 aromatic rings. The van der Waals surface area contributed by atoms with Gasteiger partial charge in [-0.25, -0.2) is 18.7 Å². The topological polar surface area (TPSA) is 49.2 Å². The van der Waals surface area contributed by atoms with E-state index in [1.165, 1.54) is 12.1 Å². The van der Waals surface area contributed by atoms with Crippen LogP contribution >= 0.6 is 0 Å². The Hall–Kier alpha value is -3.42. The molecule has 0 spiro atoms. The first kappa shape index (κ1) is 21.8. The van der Waals surface area contributed by atoms with Gasteiger partial charge in [0, 0.05) is 63.7 Å². The van der Waals surface area contributed by atoms with Gasteiger partial charge in [-0.2, -0.15) is 0 Å². The van der Waals surface area contributed by atoms with E-state index in [-0.39, 0.29) is 5.56 Å². The number of anilines is 2. The van der Waals surface area contributed by atoms with E-state index in [4.69, 9.17) is 4.98 Å². The monoisotopic (exact) mass is 438 g/mol. The second-order valence-electron chi connectivity index (χ2n) is 8.11. The number of nitrogens with one attached hydrogen (secondary N) is 1. The SMILES string of the molecule is C=C(NCCn1ccnc1)N1CCCN(C)c2ccc(-c3cccc(C(C)(F)F)c3)nc21. The molecular formula is C24H28F2N6. The van der Waals surface area contributed by atoms with E-state index in [9.17, 15) is 8.78 Å². The molecule has 3 heterocycles. The minimum Gasteiger partial charge on any atom is -0.372 e. The standard InChI is InChI=1S/C24H28F2N6/c1-18(28-11-15-31-14-10-27-17-31)32-13-5-12-30(3)22-9-8-21(29-23(22)32)19-6-4-7-20(16-19)24(2,25)26/h4,6-10,14,16-17,28H,1,5,11-13,15H2,2-3H3. The zero-order valence-electron chi connectivity index (χ0n) is 18.4. The van der Waals surface area contributed by atoms with Gasteiger partial charge >= 0.3 is 0 Å². The lowest BCUT2D eigenvalue weighted by molar-refractivity contribution is 0.0175. The van der Waals surface area contributed by atoms with Crippen molar-refractivity contribution < 1.29 is 8.78 Å². The lowest BCUT2D eigenvalue weighted by atomic mass is 10.0. The van der Waals surface area contributed by atoms with Gasteiger partial charge in [-0.3, -0.25) is 0 Å². The Balaban J connectivity index is 1.61. The molecule has 0 unspecified atom stereocenters. The van der Waals surface area contributed by atoms with Crippen molar-refractivity contribution in [2.75, 3.05) is 36.5 Å². The number of imidazole rings is 1. The lowest BCUT2D eigenvalue weighted by Gasteiger charge is -2.27. The molecule has 4 rings (SSSR count). The van der Waals surface area contributed by atoms with Crippen molar-refractivity contribution in [1.82, 2.24) is 19.9 Å². The Kier molecular flexibility index (Phi) is 6.12. The third kappa shape index (κ3) is 4.74. The van der Waals surface area contributed by atoms with Crippen molar-refractivity contribution in [3.8, 4) is 11.3 Å². The molecule has 0 radical (unpaired) electrons. The van der Waals surface area contributed by atoms with E-state index in [1.807, 2.05) is 36.0 Å². The van der Waals surface area contributed by atoms with Crippen molar-refractivity contribution in [2.45, 2.75) is 25.8 Å². The number of nitrogens with zero attached hydrogens (tertiary/aromatic N) is 5. The van der Waals surface area contributed by atoms with Crippen LogP contribution in [0, 0.1) is 0 Å². The fourth-order valence-corrected chi connectivity index (χ4v) is 3.85. The van der Waals surface area contributed by atoms with Gasteiger partial charge in [0.25, 0.3) is 5.92 Å². The average molecular weight is 439 g/mol. The van der Waals surface area contributed by atoms with E-state index in [1.54, 1.807) is 18.6 Å². The van der Waals surface area contributed by atoms with Gasteiger partial charge in [0.1, 0.15) is 0 Å². The molecule has 1 aliphatic heterocycles. The van der Waals surface area contributed by atoms with Crippen molar-refractivity contribution in [3.05, 3.63) is 73.1 Å². The summed E-state index contributed by atoms with van der Waals surface area (Å²) in [4.78, 5) is 13.2. The van der Waals surface area contributed by atoms with Crippen LogP contribution < -0.4 is 15.1 Å². The van der Waals surface area contributed by atoms with Crippen molar-refractivity contribution >= 4 is 11.5 Å². The summed E-state index contributed by atoms with van der Waals surface area (Å²) in [6, 6.07) is 10.3. The van der Waals surface area contributed by atoms with E-state index in [0.29, 0.717) is 17.8 Å². The quantitative estimate of drug-likeness (QED) is 0.590. The summed E-state index contributed by atoms with van der Waals surface area (Å²) in [5, 5.41) is 3.39. The summed E-state index contributed by atoms with van der Waals surface area (Å²) in [5.74, 6) is -1.36. The molecule has 6 nitrogen and oxygen atoms in total. The molecule has 0 amide bonds. The van der Waals surface area contributed by atoms with Crippen LogP contribution in [0.1, 0.15) is 18.9 Å². The largest absolute Gasteiger partial charge is 0.372 e. The van der Waals surface area contributed by atoms with Crippen LogP contribution in [0.15, 0.2) is 67.5 Å². The second-order valence-corrected chi connectivity index (χ2v) is 8.11. The Morgan fingerprint density at radius 1 is 1.22 bits per heavy atom. The van der Waals surface area contributed by atoms with Gasteiger partial charge in [-0.1, -0.05) is 24.8 Å². The van der Waals surface area contributed by atoms with Crippen LogP contribution in [0.25, 0.3) is 11.3 Å². The molecule has 168 valence electrons. The summed E-state index contributed by atoms with van der Waals surface area (Å²) in [6.45, 7) is 8.28. The molecular weight excluding hydrogens is 410 g/mol. The first-order valence-electron chi connectivity index (χ1n) is 10.7. The lowest BCUT2D eigenvalue weighted by Crippen LogP contribution is -2.33. The maximum Gasteiger partial charge on any atom is 0.270 e. The van der Waals surface area contributed by atoms with Crippen LogP contribution in [0.5, 0.6) is 0 Å². The molecule has 0 fully saturated rings. The predicted molar refractivity (Wildman–Crippen MR) is 124 cm³/mol. The number of benzene rings is 1. The third-order valence-corrected chi connectivity index (χ3v) is 5.65. The fourth-order valence-electron chi connectivity index (χ4n) is 3.85. The average Bonchev–Trinajstić information content (AvgIpc) is 3.23. The molecule has 1 aliphatic rings. The molecule has 0 saturated carbocycles. The number of rotatable bonds is 7. The van der Waals surface area contributed by atoms with Crippen molar-refractivity contribution in [3.63, 3.8) is 0 Å². The summed E-state index contributed by atoms with van der Waals surface area (Å²) >= 11 is 0. The maximum atomic E-state index is 13.9. The fraction of sp³-hybridized carbons (Fsp3) is 0.333. The first-order valence-corrected chi connectivity index (χ1v) is 10.7. The summed E-state index contributed by atoms with van der Waals surface area (Å²) < 4.78 is 29.7. The van der Waals surface area contributed by atoms with Gasteiger partial charge in [-0.05, 0) is 24.6 Å². The number of aromatic nitrogens is 3. The van der Waals surface area contributed by atoms with E-state index >= 15 is 0 Å². The molecule has 0 bridgehead atoms. The van der Waals surface area contributed by atoms with Crippen molar-refractivity contribution in [2.24, 2.45) is 0 Å². The number of pyridine rings is 1. The van der Waals surface area contributed by atoms with Crippen LogP contribution in [0.3, 0.4) is 0 Å². The summed E-state index contributed by atoms with van der Waals surface area (Å²) in [7, 11) is 2.04. The molecule has 0 atom stereocenters. The normalized spacial score (nSPS) is 14.1. The van der Waals surface area contributed by atoms with Crippen LogP contribution in [0.4, 0.5) is 20.3 Å². The predicted octanol–water partition coefficient (Wildman–Crippen LogP) is 4.46. The number of fused-ring (bicyclic) bond motifs is 1. The maximum absolute atomic E-state index is 13.9. The highest BCUT2D eigenvalue weighted by Gasteiger charge is 2.26. The van der Waals surface area contributed by atoms with E-state index in [2.05, 4.69) is 26.7 Å². The Morgan fingerprint density at radius 3 is 2.81 bits per heavy atom. The summed E-state index contributed by atoms with van der Waals surface area (Å²) in [6.07, 6.45) is 6.40. The Morgan fingerprint density at radius 2 is 2.06 bits per heavy atom. The van der Waals surface area contributed by atoms with Crippen LogP contribution in [-0.4, -0.2) is 41.2 Å². The highest BCUT2D eigenvalue weighted by Crippen LogP contribution is 2.35. The zero-order valence-corrected chi connectivity index (χ0v) is 18.4. The number of alkyl halides is 2. The Bertz CT molecular complexity index is 1070. The molecule has 32 heavy (non-hydrogen) atoms. The van der Waals surface area contributed by atoms with Gasteiger partial charge in [0.15, 0.2) is 5.82 Å². The highest BCUT2D eigenvalue weighted by molar-refractivity contribution is 5.74. The summed E-state index contributed by atoms with van der Waals surface area (Å²) in [5.41, 5.74) is 2.28. The number of halogens is 2. The smallest absolute Gasteiger partial charge is 0.270 e. The second kappa shape index (κ2) is 8.98. The first-order chi connectivity index (χ1) is 15.3. The molecule has 8 heteroatoms. The van der Waals surface area contributed by atoms with E-state index < -0.39 is 5.92 Å². The molecule has 1 aromatic carbocycles. The van der Waals surface area contributed by atoms with Crippen LogP contribution in [0.2, 0.25) is 0 Å². The van der Waals surface area contributed by atoms with Gasteiger partial charge in [-0.15, -0.1) is 0 Å². The molecule has 2 aromatic heterocycles. The highest BCUT2D eigenvalue weighted by atomic mass is 19.3. The van der Waals surface area contributed by atoms with Crippen molar-refractivity contribution in [1.29, 1.82) is 0 Å². The zero-order chi connectivity index (χ0) is 22.7. The van der Waals surface area contributed by atoms with Gasteiger partial charge in [0.05, 0.1) is 23.5 Å². The molecule has 1 N–H and O–H groups in total. The van der Waals surface area contributed by atoms with E-state index in [0.717, 1.165) is 50.3 Å². The van der Waals surface area contributed by atoms with Gasteiger partial charge < -0.3 is 19.7 Å². The van der Waals surface area contributed by atoms with Gasteiger partial charge in [0.2, 0.25) is 0 Å². The minimum atomic E-state index is -2.90. The Labute approximate surface area is 187 Å². The molecule has 0 saturated heterocycles.